The molecule has 0 spiro atoms. The number of hydrogen-bond acceptors (Lipinski definition) is 5. The molecule has 0 unspecified atom stereocenters. The quantitative estimate of drug-likeness (QED) is 0.218. The Morgan fingerprint density at radius 1 is 0.943 bits per heavy atom. The van der Waals surface area contributed by atoms with Crippen LogP contribution < -0.4 is 4.18 Å². The number of benzene rings is 3. The van der Waals surface area contributed by atoms with Crippen molar-refractivity contribution >= 4 is 53.7 Å². The molecule has 0 atom stereocenters. The lowest BCUT2D eigenvalue weighted by atomic mass is 9.89. The second-order valence-corrected chi connectivity index (χ2v) is 13.3. The normalized spacial score (nSPS) is 14.8. The van der Waals surface area contributed by atoms with Gasteiger partial charge in [0.15, 0.2) is 4.21 Å². The van der Waals surface area contributed by atoms with Crippen LogP contribution in [0.25, 0.3) is 32.0 Å². The van der Waals surface area contributed by atoms with Crippen LogP contribution in [-0.4, -0.2) is 8.42 Å². The minimum Gasteiger partial charge on any atom is -0.378 e. The molecule has 0 saturated heterocycles. The van der Waals surface area contributed by atoms with E-state index in [1.807, 2.05) is 23.5 Å². The van der Waals surface area contributed by atoms with Crippen molar-refractivity contribution in [1.29, 1.82) is 0 Å². The second kappa shape index (κ2) is 8.77. The summed E-state index contributed by atoms with van der Waals surface area (Å²) in [4.78, 5) is 1.33. The molecular weight excluding hydrogens is 493 g/mol. The minimum atomic E-state index is -3.85. The second-order valence-electron chi connectivity index (χ2n) is 9.33. The summed E-state index contributed by atoms with van der Waals surface area (Å²) in [5, 5.41) is 5.50. The molecule has 2 heterocycles. The molecule has 0 N–H and O–H groups in total. The van der Waals surface area contributed by atoms with Crippen molar-refractivity contribution < 1.29 is 12.6 Å². The van der Waals surface area contributed by atoms with E-state index in [-0.39, 0.29) is 4.21 Å². The van der Waals surface area contributed by atoms with Crippen LogP contribution in [0.2, 0.25) is 0 Å². The summed E-state index contributed by atoms with van der Waals surface area (Å²) in [5.41, 5.74) is 4.67. The van der Waals surface area contributed by atoms with Crippen LogP contribution in [0.3, 0.4) is 0 Å². The molecule has 0 radical (unpaired) electrons. The molecule has 2 aromatic heterocycles. The molecule has 1 aliphatic carbocycles. The van der Waals surface area contributed by atoms with Gasteiger partial charge in [-0.25, -0.2) is 0 Å². The van der Waals surface area contributed by atoms with E-state index in [9.17, 15) is 8.42 Å². The molecule has 3 nitrogen and oxygen atoms in total. The fourth-order valence-electron chi connectivity index (χ4n) is 5.39. The van der Waals surface area contributed by atoms with Gasteiger partial charge in [-0.3, -0.25) is 0 Å². The number of thiophene rings is 2. The van der Waals surface area contributed by atoms with Crippen LogP contribution in [0, 0.1) is 13.8 Å². The van der Waals surface area contributed by atoms with E-state index in [4.69, 9.17) is 4.18 Å². The summed E-state index contributed by atoms with van der Waals surface area (Å²) in [5.74, 6) is 0.767. The van der Waals surface area contributed by atoms with E-state index in [0.29, 0.717) is 11.7 Å². The molecule has 0 aliphatic heterocycles. The molecule has 0 amide bonds. The standard InChI is InChI=1S/C29H26O3S3/c1-18-19(2)34-26-17-21-10-5-6-11-23(21)29(28(18)26)22-13-14-25(24(16-22)20-8-3-4-9-20)32-35(30,31)27-12-7-15-33-27/h5-7,10-17,20H,3-4,8-9H2,1-2H3. The average molecular weight is 519 g/mol. The predicted octanol–water partition coefficient (Wildman–Crippen LogP) is 8.83. The van der Waals surface area contributed by atoms with Crippen LogP contribution in [0.15, 0.2) is 70.3 Å². The highest BCUT2D eigenvalue weighted by atomic mass is 32.3. The van der Waals surface area contributed by atoms with Crippen LogP contribution in [-0.2, 0) is 10.1 Å². The summed E-state index contributed by atoms with van der Waals surface area (Å²) in [6, 6.07) is 20.3. The highest BCUT2D eigenvalue weighted by Gasteiger charge is 2.26. The Balaban J connectivity index is 1.57. The number of hydrogen-bond donors (Lipinski definition) is 0. The molecular formula is C29H26O3S3. The summed E-state index contributed by atoms with van der Waals surface area (Å²) >= 11 is 3.02. The van der Waals surface area contributed by atoms with Crippen LogP contribution in [0.4, 0.5) is 0 Å². The van der Waals surface area contributed by atoms with E-state index in [1.54, 1.807) is 17.5 Å². The van der Waals surface area contributed by atoms with Crippen molar-refractivity contribution in [3.63, 3.8) is 0 Å². The first-order valence-electron chi connectivity index (χ1n) is 12.0. The summed E-state index contributed by atoms with van der Waals surface area (Å²) in [6.45, 7) is 4.39. The lowest BCUT2D eigenvalue weighted by Crippen LogP contribution is -2.10. The number of rotatable bonds is 5. The Labute approximate surface area is 214 Å². The van der Waals surface area contributed by atoms with Gasteiger partial charge in [0.1, 0.15) is 5.75 Å². The van der Waals surface area contributed by atoms with E-state index in [1.165, 1.54) is 48.2 Å². The third-order valence-electron chi connectivity index (χ3n) is 7.21. The molecule has 1 fully saturated rings. The highest BCUT2D eigenvalue weighted by Crippen LogP contribution is 2.46. The summed E-state index contributed by atoms with van der Waals surface area (Å²) < 4.78 is 33.2. The third kappa shape index (κ3) is 3.98. The zero-order valence-corrected chi connectivity index (χ0v) is 22.2. The molecule has 1 saturated carbocycles. The van der Waals surface area contributed by atoms with Gasteiger partial charge in [-0.05, 0) is 95.3 Å². The van der Waals surface area contributed by atoms with Gasteiger partial charge in [0.05, 0.1) is 0 Å². The smallest absolute Gasteiger partial charge is 0.348 e. The minimum absolute atomic E-state index is 0.235. The third-order valence-corrected chi connectivity index (χ3v) is 11.0. The molecule has 35 heavy (non-hydrogen) atoms. The van der Waals surface area contributed by atoms with Gasteiger partial charge in [-0.15, -0.1) is 22.7 Å². The van der Waals surface area contributed by atoms with Gasteiger partial charge in [0, 0.05) is 15.0 Å². The van der Waals surface area contributed by atoms with Crippen molar-refractivity contribution in [1.82, 2.24) is 0 Å². The largest absolute Gasteiger partial charge is 0.378 e. The highest BCUT2D eigenvalue weighted by molar-refractivity contribution is 7.89. The number of fused-ring (bicyclic) bond motifs is 2. The Morgan fingerprint density at radius 2 is 1.74 bits per heavy atom. The fraction of sp³-hybridized carbons (Fsp3) is 0.241. The lowest BCUT2D eigenvalue weighted by Gasteiger charge is -2.18. The zero-order chi connectivity index (χ0) is 24.2. The van der Waals surface area contributed by atoms with Gasteiger partial charge in [-0.1, -0.05) is 49.2 Å². The van der Waals surface area contributed by atoms with E-state index in [0.717, 1.165) is 36.8 Å². The van der Waals surface area contributed by atoms with E-state index < -0.39 is 10.1 Å². The SMILES string of the molecule is Cc1sc2cc3ccccc3c(-c3ccc(OS(=O)(=O)c4cccs4)c(C4CCCC4)c3)c2c1C. The lowest BCUT2D eigenvalue weighted by molar-refractivity contribution is 0.481. The van der Waals surface area contributed by atoms with Crippen molar-refractivity contribution in [3.8, 4) is 16.9 Å². The van der Waals surface area contributed by atoms with Gasteiger partial charge in [-0.2, -0.15) is 8.42 Å². The first-order chi connectivity index (χ1) is 16.9. The summed E-state index contributed by atoms with van der Waals surface area (Å²) in [6.07, 6.45) is 4.43. The Hall–Kier alpha value is -2.67. The van der Waals surface area contributed by atoms with Gasteiger partial charge < -0.3 is 4.18 Å². The molecule has 6 heteroatoms. The Kier molecular flexibility index (Phi) is 5.71. The van der Waals surface area contributed by atoms with Crippen molar-refractivity contribution in [2.45, 2.75) is 49.7 Å². The molecule has 3 aromatic carbocycles. The zero-order valence-electron chi connectivity index (χ0n) is 19.7. The summed E-state index contributed by atoms with van der Waals surface area (Å²) in [7, 11) is -3.85. The van der Waals surface area contributed by atoms with E-state index >= 15 is 0 Å². The fourth-order valence-corrected chi connectivity index (χ4v) is 8.42. The van der Waals surface area contributed by atoms with Crippen LogP contribution >= 0.6 is 22.7 Å². The maximum Gasteiger partial charge on any atom is 0.348 e. The van der Waals surface area contributed by atoms with Gasteiger partial charge in [0.2, 0.25) is 0 Å². The van der Waals surface area contributed by atoms with Crippen LogP contribution in [0.1, 0.15) is 47.6 Å². The molecule has 178 valence electrons. The van der Waals surface area contributed by atoms with Crippen molar-refractivity contribution in [2.24, 2.45) is 0 Å². The van der Waals surface area contributed by atoms with Crippen molar-refractivity contribution in [3.05, 3.63) is 82.0 Å². The maximum absolute atomic E-state index is 13.0. The van der Waals surface area contributed by atoms with E-state index in [2.05, 4.69) is 50.2 Å². The molecule has 6 rings (SSSR count). The first kappa shape index (κ1) is 22.8. The van der Waals surface area contributed by atoms with Gasteiger partial charge in [0.25, 0.3) is 0 Å². The Morgan fingerprint density at radius 3 is 2.51 bits per heavy atom. The average Bonchev–Trinajstić information content (AvgIpc) is 3.61. The Bertz CT molecular complexity index is 1650. The monoisotopic (exact) mass is 518 g/mol. The molecule has 5 aromatic rings. The van der Waals surface area contributed by atoms with Crippen LogP contribution in [0.5, 0.6) is 5.75 Å². The molecule has 0 bridgehead atoms. The first-order valence-corrected chi connectivity index (χ1v) is 15.1. The predicted molar refractivity (Wildman–Crippen MR) is 148 cm³/mol. The van der Waals surface area contributed by atoms with Gasteiger partial charge >= 0.3 is 10.1 Å². The van der Waals surface area contributed by atoms with Crippen molar-refractivity contribution in [2.75, 3.05) is 0 Å². The topological polar surface area (TPSA) is 43.4 Å². The molecule has 1 aliphatic rings. The number of aryl methyl sites for hydroxylation is 2. The maximum atomic E-state index is 13.0.